The lowest BCUT2D eigenvalue weighted by Gasteiger charge is -2.14. The SMILES string of the molecule is CCOc1ccc(N2C(=O)CC(Cl)C2=O)cc1. The smallest absolute Gasteiger partial charge is 0.252 e. The largest absolute Gasteiger partial charge is 0.494 e. The first-order valence-corrected chi connectivity index (χ1v) is 5.81. The minimum absolute atomic E-state index is 0.0631. The number of alkyl halides is 1. The average Bonchev–Trinajstić information content (AvgIpc) is 2.55. The maximum atomic E-state index is 11.7. The Labute approximate surface area is 104 Å². The number of ether oxygens (including phenoxy) is 1. The topological polar surface area (TPSA) is 46.6 Å². The molecule has 2 amide bonds. The fourth-order valence-electron chi connectivity index (χ4n) is 1.72. The van der Waals surface area contributed by atoms with Crippen LogP contribution in [0.1, 0.15) is 13.3 Å². The summed E-state index contributed by atoms with van der Waals surface area (Å²) in [6.45, 7) is 2.46. The van der Waals surface area contributed by atoms with E-state index >= 15 is 0 Å². The highest BCUT2D eigenvalue weighted by atomic mass is 35.5. The lowest BCUT2D eigenvalue weighted by molar-refractivity contribution is -0.121. The molecule has 90 valence electrons. The first-order valence-electron chi connectivity index (χ1n) is 5.37. The van der Waals surface area contributed by atoms with Gasteiger partial charge in [0.15, 0.2) is 0 Å². The number of imide groups is 1. The van der Waals surface area contributed by atoms with Gasteiger partial charge in [-0.25, -0.2) is 4.90 Å². The van der Waals surface area contributed by atoms with E-state index in [4.69, 9.17) is 16.3 Å². The van der Waals surface area contributed by atoms with E-state index in [9.17, 15) is 9.59 Å². The number of hydrogen-bond donors (Lipinski definition) is 0. The Morgan fingerprint density at radius 3 is 2.47 bits per heavy atom. The molecular weight excluding hydrogens is 242 g/mol. The molecule has 1 aromatic carbocycles. The molecule has 2 rings (SSSR count). The molecular formula is C12H12ClNO3. The molecule has 0 N–H and O–H groups in total. The summed E-state index contributed by atoms with van der Waals surface area (Å²) >= 11 is 5.75. The Balaban J connectivity index is 2.22. The van der Waals surface area contributed by atoms with E-state index in [-0.39, 0.29) is 18.2 Å². The molecule has 1 fully saturated rings. The Hall–Kier alpha value is -1.55. The summed E-state index contributed by atoms with van der Waals surface area (Å²) in [4.78, 5) is 24.4. The van der Waals surface area contributed by atoms with Crippen LogP contribution in [0.3, 0.4) is 0 Å². The van der Waals surface area contributed by atoms with Crippen molar-refractivity contribution < 1.29 is 14.3 Å². The van der Waals surface area contributed by atoms with Crippen LogP contribution in [-0.4, -0.2) is 23.8 Å². The summed E-state index contributed by atoms with van der Waals surface area (Å²) in [5, 5.41) is -0.742. The summed E-state index contributed by atoms with van der Waals surface area (Å²) in [6, 6.07) is 6.80. The number of benzene rings is 1. The molecule has 17 heavy (non-hydrogen) atoms. The lowest BCUT2D eigenvalue weighted by atomic mass is 10.3. The van der Waals surface area contributed by atoms with Crippen molar-refractivity contribution in [3.63, 3.8) is 0 Å². The maximum Gasteiger partial charge on any atom is 0.252 e. The van der Waals surface area contributed by atoms with Crippen molar-refractivity contribution in [2.24, 2.45) is 0 Å². The monoisotopic (exact) mass is 253 g/mol. The highest BCUT2D eigenvalue weighted by Crippen LogP contribution is 2.27. The van der Waals surface area contributed by atoms with Gasteiger partial charge in [0, 0.05) is 0 Å². The first-order chi connectivity index (χ1) is 8.13. The molecule has 0 bridgehead atoms. The van der Waals surface area contributed by atoms with Crippen molar-refractivity contribution in [1.29, 1.82) is 0 Å². The van der Waals surface area contributed by atoms with Crippen LogP contribution in [-0.2, 0) is 9.59 Å². The van der Waals surface area contributed by atoms with Crippen LogP contribution in [0.2, 0.25) is 0 Å². The number of carbonyl (C=O) groups is 2. The van der Waals surface area contributed by atoms with E-state index in [1.807, 2.05) is 6.92 Å². The highest BCUT2D eigenvalue weighted by Gasteiger charge is 2.38. The summed E-state index contributed by atoms with van der Waals surface area (Å²) in [6.07, 6.45) is 0.0631. The van der Waals surface area contributed by atoms with Gasteiger partial charge < -0.3 is 4.74 Å². The second-order valence-electron chi connectivity index (χ2n) is 3.67. The molecule has 1 heterocycles. The summed E-state index contributed by atoms with van der Waals surface area (Å²) in [7, 11) is 0. The van der Waals surface area contributed by atoms with E-state index < -0.39 is 5.38 Å². The normalized spacial score (nSPS) is 19.9. The van der Waals surface area contributed by atoms with Gasteiger partial charge in [-0.3, -0.25) is 9.59 Å². The molecule has 1 saturated heterocycles. The molecule has 1 aliphatic rings. The van der Waals surface area contributed by atoms with Crippen LogP contribution in [0.15, 0.2) is 24.3 Å². The van der Waals surface area contributed by atoms with Crippen molar-refractivity contribution in [3.05, 3.63) is 24.3 Å². The number of carbonyl (C=O) groups excluding carboxylic acids is 2. The molecule has 0 aliphatic carbocycles. The molecule has 5 heteroatoms. The van der Waals surface area contributed by atoms with Crippen LogP contribution in [0.4, 0.5) is 5.69 Å². The Morgan fingerprint density at radius 1 is 1.35 bits per heavy atom. The van der Waals surface area contributed by atoms with Gasteiger partial charge in [0.2, 0.25) is 5.91 Å². The van der Waals surface area contributed by atoms with Crippen molar-refractivity contribution in [3.8, 4) is 5.75 Å². The third kappa shape index (κ3) is 2.26. The lowest BCUT2D eigenvalue weighted by Crippen LogP contribution is -2.30. The third-order valence-electron chi connectivity index (χ3n) is 2.50. The molecule has 1 aliphatic heterocycles. The van der Waals surface area contributed by atoms with Crippen molar-refractivity contribution in [1.82, 2.24) is 0 Å². The predicted octanol–water partition coefficient (Wildman–Crippen LogP) is 1.96. The minimum atomic E-state index is -0.742. The van der Waals surface area contributed by atoms with Gasteiger partial charge in [0.05, 0.1) is 18.7 Å². The molecule has 1 aromatic rings. The third-order valence-corrected chi connectivity index (χ3v) is 2.84. The number of rotatable bonds is 3. The summed E-state index contributed by atoms with van der Waals surface area (Å²) < 4.78 is 5.28. The molecule has 0 spiro atoms. The number of amides is 2. The molecule has 0 saturated carbocycles. The zero-order valence-electron chi connectivity index (χ0n) is 9.35. The van der Waals surface area contributed by atoms with Crippen LogP contribution in [0, 0.1) is 0 Å². The number of anilines is 1. The van der Waals surface area contributed by atoms with E-state index in [1.165, 1.54) is 0 Å². The summed E-state index contributed by atoms with van der Waals surface area (Å²) in [5.74, 6) is 0.0813. The molecule has 1 unspecified atom stereocenters. The van der Waals surface area contributed by atoms with Gasteiger partial charge in [0.1, 0.15) is 11.1 Å². The molecule has 4 nitrogen and oxygen atoms in total. The second-order valence-corrected chi connectivity index (χ2v) is 4.19. The van der Waals surface area contributed by atoms with Gasteiger partial charge in [-0.15, -0.1) is 11.6 Å². The zero-order valence-corrected chi connectivity index (χ0v) is 10.1. The van der Waals surface area contributed by atoms with Crippen molar-refractivity contribution in [2.45, 2.75) is 18.7 Å². The van der Waals surface area contributed by atoms with E-state index in [1.54, 1.807) is 24.3 Å². The Bertz CT molecular complexity index is 444. The van der Waals surface area contributed by atoms with Crippen LogP contribution in [0.5, 0.6) is 5.75 Å². The molecule has 1 atom stereocenters. The van der Waals surface area contributed by atoms with E-state index in [2.05, 4.69) is 0 Å². The fraction of sp³-hybridized carbons (Fsp3) is 0.333. The Kier molecular flexibility index (Phi) is 3.33. The first kappa shape index (κ1) is 11.9. The van der Waals surface area contributed by atoms with Gasteiger partial charge in [-0.05, 0) is 31.2 Å². The van der Waals surface area contributed by atoms with E-state index in [0.717, 1.165) is 4.90 Å². The summed E-state index contributed by atoms with van der Waals surface area (Å²) in [5.41, 5.74) is 0.534. The van der Waals surface area contributed by atoms with Crippen molar-refractivity contribution >= 4 is 29.1 Å². The van der Waals surface area contributed by atoms with Gasteiger partial charge in [-0.1, -0.05) is 0 Å². The van der Waals surface area contributed by atoms with Crippen molar-refractivity contribution in [2.75, 3.05) is 11.5 Å². The predicted molar refractivity (Wildman–Crippen MR) is 64.4 cm³/mol. The number of nitrogens with zero attached hydrogens (tertiary/aromatic N) is 1. The number of hydrogen-bond acceptors (Lipinski definition) is 3. The van der Waals surface area contributed by atoms with E-state index in [0.29, 0.717) is 18.0 Å². The van der Waals surface area contributed by atoms with Crippen LogP contribution < -0.4 is 9.64 Å². The molecule has 0 aromatic heterocycles. The fourth-order valence-corrected chi connectivity index (χ4v) is 1.95. The average molecular weight is 254 g/mol. The molecule has 0 radical (unpaired) electrons. The van der Waals surface area contributed by atoms with Gasteiger partial charge >= 0.3 is 0 Å². The van der Waals surface area contributed by atoms with Gasteiger partial charge in [-0.2, -0.15) is 0 Å². The van der Waals surface area contributed by atoms with Crippen LogP contribution >= 0.6 is 11.6 Å². The van der Waals surface area contributed by atoms with Crippen LogP contribution in [0.25, 0.3) is 0 Å². The highest BCUT2D eigenvalue weighted by molar-refractivity contribution is 6.40. The maximum absolute atomic E-state index is 11.7. The quantitative estimate of drug-likeness (QED) is 0.611. The standard InChI is InChI=1S/C12H12ClNO3/c1-2-17-9-5-3-8(4-6-9)14-11(15)7-10(13)12(14)16/h3-6,10H,2,7H2,1H3. The number of halogens is 1. The minimum Gasteiger partial charge on any atom is -0.494 e. The second kappa shape index (κ2) is 4.75. The zero-order chi connectivity index (χ0) is 12.4. The van der Waals surface area contributed by atoms with Gasteiger partial charge in [0.25, 0.3) is 5.91 Å². The Morgan fingerprint density at radius 2 is 2.00 bits per heavy atom.